The molecule has 0 unspecified atom stereocenters. The van der Waals surface area contributed by atoms with E-state index in [1.165, 1.54) is 0 Å². The largest absolute Gasteiger partial charge is 0.459 e. The summed E-state index contributed by atoms with van der Waals surface area (Å²) in [6.07, 6.45) is 2.11. The molecule has 1 heterocycles. The van der Waals surface area contributed by atoms with Gasteiger partial charge in [0.25, 0.3) is 0 Å². The van der Waals surface area contributed by atoms with Crippen molar-refractivity contribution in [1.29, 1.82) is 0 Å². The first-order valence-electron chi connectivity index (χ1n) is 6.23. The summed E-state index contributed by atoms with van der Waals surface area (Å²) in [5.74, 6) is -0.283. The Balaban J connectivity index is 1.93. The van der Waals surface area contributed by atoms with Crippen LogP contribution in [0.15, 0.2) is 24.3 Å². The van der Waals surface area contributed by atoms with Crippen molar-refractivity contribution in [3.63, 3.8) is 0 Å². The van der Waals surface area contributed by atoms with E-state index in [0.29, 0.717) is 12.2 Å². The normalized spacial score (nSPS) is 18.7. The predicted molar refractivity (Wildman–Crippen MR) is 70.0 cm³/mol. The van der Waals surface area contributed by atoms with E-state index < -0.39 is 0 Å². The molecule has 18 heavy (non-hydrogen) atoms. The number of nitrogens with zero attached hydrogens (tertiary/aromatic N) is 1. The summed E-state index contributed by atoms with van der Waals surface area (Å²) < 4.78 is 10.7. The van der Waals surface area contributed by atoms with Gasteiger partial charge < -0.3 is 14.4 Å². The van der Waals surface area contributed by atoms with Gasteiger partial charge in [-0.25, -0.2) is 4.79 Å². The maximum atomic E-state index is 11.9. The zero-order chi connectivity index (χ0) is 13.0. The van der Waals surface area contributed by atoms with Gasteiger partial charge in [-0.15, -0.1) is 0 Å². The van der Waals surface area contributed by atoms with E-state index in [0.717, 1.165) is 25.1 Å². The standard InChI is InChI=1S/C14H19NO3/c1-15(2)12-6-3-5-11(9-12)14(16)18-10-13-7-4-8-17-13/h3,5-6,9,13H,4,7-8,10H2,1-2H3/t13-/m1/s1. The minimum absolute atomic E-state index is 0.0750. The minimum Gasteiger partial charge on any atom is -0.459 e. The zero-order valence-electron chi connectivity index (χ0n) is 10.9. The van der Waals surface area contributed by atoms with Crippen LogP contribution in [-0.2, 0) is 9.47 Å². The van der Waals surface area contributed by atoms with Gasteiger partial charge in [0.05, 0.1) is 11.7 Å². The Morgan fingerprint density at radius 3 is 3.00 bits per heavy atom. The van der Waals surface area contributed by atoms with Gasteiger partial charge in [-0.3, -0.25) is 0 Å². The fraction of sp³-hybridized carbons (Fsp3) is 0.500. The van der Waals surface area contributed by atoms with Gasteiger partial charge >= 0.3 is 5.97 Å². The van der Waals surface area contributed by atoms with Gasteiger partial charge in [0.15, 0.2) is 0 Å². The molecule has 98 valence electrons. The third-order valence-corrected chi connectivity index (χ3v) is 3.02. The van der Waals surface area contributed by atoms with Gasteiger partial charge in [-0.05, 0) is 31.0 Å². The fourth-order valence-electron chi connectivity index (χ4n) is 1.94. The molecule has 0 amide bonds. The molecule has 0 N–H and O–H groups in total. The highest BCUT2D eigenvalue weighted by Gasteiger charge is 2.18. The molecule has 1 aliphatic heterocycles. The molecule has 0 radical (unpaired) electrons. The van der Waals surface area contributed by atoms with Crippen LogP contribution in [0.3, 0.4) is 0 Å². The Morgan fingerprint density at radius 2 is 2.33 bits per heavy atom. The van der Waals surface area contributed by atoms with E-state index in [2.05, 4.69) is 0 Å². The number of esters is 1. The van der Waals surface area contributed by atoms with E-state index in [4.69, 9.17) is 9.47 Å². The van der Waals surface area contributed by atoms with Crippen LogP contribution in [0.4, 0.5) is 5.69 Å². The van der Waals surface area contributed by atoms with Gasteiger partial charge in [-0.2, -0.15) is 0 Å². The van der Waals surface area contributed by atoms with Crippen LogP contribution in [0.25, 0.3) is 0 Å². The highest BCUT2D eigenvalue weighted by molar-refractivity contribution is 5.90. The van der Waals surface area contributed by atoms with Gasteiger partial charge in [0.1, 0.15) is 6.61 Å². The van der Waals surface area contributed by atoms with Crippen LogP contribution >= 0.6 is 0 Å². The summed E-state index contributed by atoms with van der Waals surface area (Å²) in [6.45, 7) is 1.13. The molecule has 4 heteroatoms. The minimum atomic E-state index is -0.283. The Bertz CT molecular complexity index is 411. The predicted octanol–water partition coefficient (Wildman–Crippen LogP) is 2.09. The second-order valence-electron chi connectivity index (χ2n) is 4.68. The molecule has 0 saturated carbocycles. The van der Waals surface area contributed by atoms with E-state index in [1.807, 2.05) is 37.2 Å². The number of carbonyl (C=O) groups is 1. The van der Waals surface area contributed by atoms with Crippen molar-refractivity contribution in [2.75, 3.05) is 32.2 Å². The summed E-state index contributed by atoms with van der Waals surface area (Å²) in [4.78, 5) is 13.8. The second-order valence-corrected chi connectivity index (χ2v) is 4.68. The summed E-state index contributed by atoms with van der Waals surface area (Å²) in [5.41, 5.74) is 1.57. The molecular formula is C14H19NO3. The molecule has 1 aromatic rings. The fourth-order valence-corrected chi connectivity index (χ4v) is 1.94. The van der Waals surface area contributed by atoms with Crippen molar-refractivity contribution >= 4 is 11.7 Å². The molecule has 0 aromatic heterocycles. The molecule has 1 atom stereocenters. The summed E-state index contributed by atoms with van der Waals surface area (Å²) in [6, 6.07) is 7.41. The lowest BCUT2D eigenvalue weighted by Gasteiger charge is -2.14. The van der Waals surface area contributed by atoms with Crippen LogP contribution in [0.1, 0.15) is 23.2 Å². The van der Waals surface area contributed by atoms with Gasteiger partial charge in [0.2, 0.25) is 0 Å². The van der Waals surface area contributed by atoms with E-state index in [9.17, 15) is 4.79 Å². The second kappa shape index (κ2) is 5.87. The van der Waals surface area contributed by atoms with Gasteiger partial charge in [0, 0.05) is 26.4 Å². The Labute approximate surface area is 107 Å². The topological polar surface area (TPSA) is 38.8 Å². The third kappa shape index (κ3) is 3.23. The number of hydrogen-bond donors (Lipinski definition) is 0. The van der Waals surface area contributed by atoms with Crippen molar-refractivity contribution in [3.05, 3.63) is 29.8 Å². The molecule has 2 rings (SSSR count). The average molecular weight is 249 g/mol. The van der Waals surface area contributed by atoms with Crippen LogP contribution in [-0.4, -0.2) is 39.4 Å². The Morgan fingerprint density at radius 1 is 1.50 bits per heavy atom. The maximum Gasteiger partial charge on any atom is 0.338 e. The maximum absolute atomic E-state index is 11.9. The first-order chi connectivity index (χ1) is 8.66. The highest BCUT2D eigenvalue weighted by atomic mass is 16.6. The Kier molecular flexibility index (Phi) is 4.20. The van der Waals surface area contributed by atoms with Crippen LogP contribution < -0.4 is 4.90 Å². The quantitative estimate of drug-likeness (QED) is 0.766. The summed E-state index contributed by atoms with van der Waals surface area (Å²) >= 11 is 0. The number of benzene rings is 1. The molecule has 0 bridgehead atoms. The first kappa shape index (κ1) is 12.9. The van der Waals surface area contributed by atoms with Crippen molar-refractivity contribution in [3.8, 4) is 0 Å². The van der Waals surface area contributed by atoms with Gasteiger partial charge in [-0.1, -0.05) is 6.07 Å². The number of hydrogen-bond acceptors (Lipinski definition) is 4. The SMILES string of the molecule is CN(C)c1cccc(C(=O)OC[C@H]2CCCO2)c1. The lowest BCUT2D eigenvalue weighted by atomic mass is 10.2. The van der Waals surface area contributed by atoms with E-state index in [-0.39, 0.29) is 12.1 Å². The highest BCUT2D eigenvalue weighted by Crippen LogP contribution is 2.16. The molecule has 1 saturated heterocycles. The number of ether oxygens (including phenoxy) is 2. The van der Waals surface area contributed by atoms with Crippen molar-refractivity contribution in [2.24, 2.45) is 0 Å². The molecular weight excluding hydrogens is 230 g/mol. The number of anilines is 1. The monoisotopic (exact) mass is 249 g/mol. The molecule has 0 spiro atoms. The van der Waals surface area contributed by atoms with Crippen molar-refractivity contribution in [2.45, 2.75) is 18.9 Å². The van der Waals surface area contributed by atoms with Crippen LogP contribution in [0.2, 0.25) is 0 Å². The molecule has 1 aliphatic rings. The number of carbonyl (C=O) groups excluding carboxylic acids is 1. The summed E-state index contributed by atoms with van der Waals surface area (Å²) in [5, 5.41) is 0. The van der Waals surface area contributed by atoms with Crippen LogP contribution in [0, 0.1) is 0 Å². The molecule has 1 aromatic carbocycles. The van der Waals surface area contributed by atoms with Crippen molar-refractivity contribution < 1.29 is 14.3 Å². The summed E-state index contributed by atoms with van der Waals surface area (Å²) in [7, 11) is 3.88. The van der Waals surface area contributed by atoms with Crippen LogP contribution in [0.5, 0.6) is 0 Å². The first-order valence-corrected chi connectivity index (χ1v) is 6.23. The molecule has 4 nitrogen and oxygen atoms in total. The number of rotatable bonds is 4. The average Bonchev–Trinajstić information content (AvgIpc) is 2.89. The molecule has 1 fully saturated rings. The lowest BCUT2D eigenvalue weighted by Crippen LogP contribution is -2.18. The van der Waals surface area contributed by atoms with E-state index >= 15 is 0 Å². The Hall–Kier alpha value is -1.55. The van der Waals surface area contributed by atoms with Crippen molar-refractivity contribution in [1.82, 2.24) is 0 Å². The third-order valence-electron chi connectivity index (χ3n) is 3.02. The lowest BCUT2D eigenvalue weighted by molar-refractivity contribution is 0.0161. The van der Waals surface area contributed by atoms with E-state index in [1.54, 1.807) is 6.07 Å². The molecule has 0 aliphatic carbocycles. The zero-order valence-corrected chi connectivity index (χ0v) is 10.9. The smallest absolute Gasteiger partial charge is 0.338 e.